The first-order chi connectivity index (χ1) is 9.33. The number of nitrogens with zero attached hydrogens (tertiary/aromatic N) is 3. The van der Waals surface area contributed by atoms with Crippen LogP contribution in [-0.2, 0) is 25.9 Å². The van der Waals surface area contributed by atoms with E-state index in [2.05, 4.69) is 30.2 Å². The van der Waals surface area contributed by atoms with Crippen LogP contribution in [0.1, 0.15) is 36.4 Å². The molecule has 3 heterocycles. The van der Waals surface area contributed by atoms with Gasteiger partial charge >= 0.3 is 0 Å². The van der Waals surface area contributed by atoms with Crippen LogP contribution in [0.2, 0.25) is 0 Å². The van der Waals surface area contributed by atoms with Gasteiger partial charge in [0.05, 0.1) is 5.69 Å². The number of hydrogen-bond donors (Lipinski definition) is 1. The lowest BCUT2D eigenvalue weighted by molar-refractivity contribution is 0.755. The van der Waals surface area contributed by atoms with Crippen molar-refractivity contribution in [1.29, 1.82) is 0 Å². The number of aromatic nitrogens is 3. The van der Waals surface area contributed by atoms with E-state index in [9.17, 15) is 0 Å². The Morgan fingerprint density at radius 3 is 2.84 bits per heavy atom. The highest BCUT2D eigenvalue weighted by molar-refractivity contribution is 5.56. The molecule has 0 aromatic carbocycles. The second-order valence-electron chi connectivity index (χ2n) is 4.74. The predicted molar refractivity (Wildman–Crippen MR) is 74.6 cm³/mol. The second-order valence-corrected chi connectivity index (χ2v) is 4.74. The number of aryl methyl sites for hydroxylation is 2. The van der Waals surface area contributed by atoms with Crippen molar-refractivity contribution < 1.29 is 0 Å². The first-order valence-electron chi connectivity index (χ1n) is 6.87. The van der Waals surface area contributed by atoms with Gasteiger partial charge in [-0.1, -0.05) is 19.9 Å². The quantitative estimate of drug-likeness (QED) is 0.913. The van der Waals surface area contributed by atoms with Gasteiger partial charge < -0.3 is 5.32 Å². The minimum atomic E-state index is 0.775. The molecule has 0 amide bonds. The molecule has 0 radical (unpaired) electrons. The highest BCUT2D eigenvalue weighted by Crippen LogP contribution is 2.23. The van der Waals surface area contributed by atoms with E-state index < -0.39 is 0 Å². The van der Waals surface area contributed by atoms with E-state index in [4.69, 9.17) is 9.97 Å². The fourth-order valence-corrected chi connectivity index (χ4v) is 2.56. The van der Waals surface area contributed by atoms with Crippen LogP contribution >= 0.6 is 0 Å². The maximum absolute atomic E-state index is 4.73. The van der Waals surface area contributed by atoms with E-state index in [0.29, 0.717) is 0 Å². The van der Waals surface area contributed by atoms with Crippen molar-refractivity contribution in [2.45, 2.75) is 39.8 Å². The lowest BCUT2D eigenvalue weighted by atomic mass is 10.1. The maximum Gasteiger partial charge on any atom is 0.178 e. The highest BCUT2D eigenvalue weighted by atomic mass is 15.0. The standard InChI is InChI=1S/C15H18N4/c1-3-10-6-5-7-17-14(10)15-18-12(4-2)11-8-16-9-13(11)19-15/h5-7,16H,3-4,8-9H2,1-2H3. The summed E-state index contributed by atoms with van der Waals surface area (Å²) in [6.07, 6.45) is 3.70. The van der Waals surface area contributed by atoms with E-state index in [-0.39, 0.29) is 0 Å². The lowest BCUT2D eigenvalue weighted by Crippen LogP contribution is -2.04. The summed E-state index contributed by atoms with van der Waals surface area (Å²) in [5.41, 5.74) is 5.69. The van der Waals surface area contributed by atoms with E-state index >= 15 is 0 Å². The molecule has 0 aliphatic carbocycles. The molecule has 2 aromatic heterocycles. The van der Waals surface area contributed by atoms with Crippen molar-refractivity contribution in [3.8, 4) is 11.5 Å². The molecule has 0 unspecified atom stereocenters. The fraction of sp³-hybridized carbons (Fsp3) is 0.400. The minimum absolute atomic E-state index is 0.775. The Kier molecular flexibility index (Phi) is 3.25. The van der Waals surface area contributed by atoms with Gasteiger partial charge in [-0.25, -0.2) is 9.97 Å². The summed E-state index contributed by atoms with van der Waals surface area (Å²) in [5.74, 6) is 0.775. The average molecular weight is 254 g/mol. The number of fused-ring (bicyclic) bond motifs is 1. The predicted octanol–water partition coefficient (Wildman–Crippen LogP) is 2.27. The summed E-state index contributed by atoms with van der Waals surface area (Å²) in [6, 6.07) is 4.07. The molecule has 19 heavy (non-hydrogen) atoms. The van der Waals surface area contributed by atoms with Gasteiger partial charge in [0.25, 0.3) is 0 Å². The lowest BCUT2D eigenvalue weighted by Gasteiger charge is -2.10. The van der Waals surface area contributed by atoms with Crippen molar-refractivity contribution in [1.82, 2.24) is 20.3 Å². The Morgan fingerprint density at radius 2 is 2.05 bits per heavy atom. The third kappa shape index (κ3) is 2.12. The number of pyridine rings is 1. The Hall–Kier alpha value is -1.81. The molecule has 98 valence electrons. The van der Waals surface area contributed by atoms with Gasteiger partial charge in [0.15, 0.2) is 5.82 Å². The van der Waals surface area contributed by atoms with Crippen molar-refractivity contribution >= 4 is 0 Å². The van der Waals surface area contributed by atoms with E-state index in [1.807, 2.05) is 12.3 Å². The second kappa shape index (κ2) is 5.05. The molecule has 0 bridgehead atoms. The van der Waals surface area contributed by atoms with Crippen molar-refractivity contribution in [2.24, 2.45) is 0 Å². The number of nitrogens with one attached hydrogen (secondary N) is 1. The molecule has 0 spiro atoms. The normalized spacial score (nSPS) is 13.6. The first-order valence-corrected chi connectivity index (χ1v) is 6.87. The summed E-state index contributed by atoms with van der Waals surface area (Å²) >= 11 is 0. The molecule has 1 aliphatic heterocycles. The van der Waals surface area contributed by atoms with Gasteiger partial charge in [0, 0.05) is 30.5 Å². The zero-order valence-electron chi connectivity index (χ0n) is 11.4. The summed E-state index contributed by atoms with van der Waals surface area (Å²) in [7, 11) is 0. The zero-order valence-corrected chi connectivity index (χ0v) is 11.4. The Morgan fingerprint density at radius 1 is 1.16 bits per heavy atom. The van der Waals surface area contributed by atoms with E-state index in [0.717, 1.165) is 48.8 Å². The van der Waals surface area contributed by atoms with Crippen molar-refractivity contribution in [2.75, 3.05) is 0 Å². The summed E-state index contributed by atoms with van der Waals surface area (Å²) < 4.78 is 0. The summed E-state index contributed by atoms with van der Waals surface area (Å²) in [5, 5.41) is 3.35. The molecule has 1 N–H and O–H groups in total. The molecule has 4 heteroatoms. The van der Waals surface area contributed by atoms with Crippen LogP contribution in [0.5, 0.6) is 0 Å². The zero-order chi connectivity index (χ0) is 13.2. The fourth-order valence-electron chi connectivity index (χ4n) is 2.56. The van der Waals surface area contributed by atoms with Crippen LogP contribution in [-0.4, -0.2) is 15.0 Å². The molecule has 4 nitrogen and oxygen atoms in total. The number of hydrogen-bond acceptors (Lipinski definition) is 4. The molecule has 0 atom stereocenters. The third-order valence-electron chi connectivity index (χ3n) is 3.59. The van der Waals surface area contributed by atoms with Gasteiger partial charge in [0.1, 0.15) is 5.69 Å². The topological polar surface area (TPSA) is 50.7 Å². The molecule has 0 saturated heterocycles. The van der Waals surface area contributed by atoms with Crippen LogP contribution in [0.15, 0.2) is 18.3 Å². The largest absolute Gasteiger partial charge is 0.307 e. The smallest absolute Gasteiger partial charge is 0.178 e. The summed E-state index contributed by atoms with van der Waals surface area (Å²) in [4.78, 5) is 13.9. The molecule has 0 saturated carbocycles. The molecule has 3 rings (SSSR count). The molecular formula is C15H18N4. The van der Waals surface area contributed by atoms with Gasteiger partial charge in [0.2, 0.25) is 0 Å². The SMILES string of the molecule is CCc1cccnc1-c1nc(CC)c2c(n1)CNC2. The van der Waals surface area contributed by atoms with Crippen LogP contribution in [0, 0.1) is 0 Å². The monoisotopic (exact) mass is 254 g/mol. The Labute approximate surface area is 113 Å². The van der Waals surface area contributed by atoms with Crippen LogP contribution in [0.3, 0.4) is 0 Å². The van der Waals surface area contributed by atoms with Crippen LogP contribution in [0.25, 0.3) is 11.5 Å². The van der Waals surface area contributed by atoms with Gasteiger partial charge in [-0.3, -0.25) is 4.98 Å². The molecule has 1 aliphatic rings. The van der Waals surface area contributed by atoms with Gasteiger partial charge in [-0.2, -0.15) is 0 Å². The minimum Gasteiger partial charge on any atom is -0.307 e. The third-order valence-corrected chi connectivity index (χ3v) is 3.59. The maximum atomic E-state index is 4.73. The van der Waals surface area contributed by atoms with E-state index in [1.54, 1.807) is 0 Å². The van der Waals surface area contributed by atoms with Crippen molar-refractivity contribution in [3.05, 3.63) is 40.8 Å². The first kappa shape index (κ1) is 12.2. The van der Waals surface area contributed by atoms with Gasteiger partial charge in [-0.15, -0.1) is 0 Å². The van der Waals surface area contributed by atoms with Crippen molar-refractivity contribution in [3.63, 3.8) is 0 Å². The Bertz CT molecular complexity index is 607. The van der Waals surface area contributed by atoms with Crippen LogP contribution < -0.4 is 5.32 Å². The average Bonchev–Trinajstić information content (AvgIpc) is 2.94. The van der Waals surface area contributed by atoms with Gasteiger partial charge in [-0.05, 0) is 24.5 Å². The summed E-state index contributed by atoms with van der Waals surface area (Å²) in [6.45, 7) is 6.01. The van der Waals surface area contributed by atoms with Crippen LogP contribution in [0.4, 0.5) is 0 Å². The Balaban J connectivity index is 2.15. The highest BCUT2D eigenvalue weighted by Gasteiger charge is 2.19. The number of rotatable bonds is 3. The molecule has 2 aromatic rings. The molecular weight excluding hydrogens is 236 g/mol. The molecule has 0 fully saturated rings. The van der Waals surface area contributed by atoms with E-state index in [1.165, 1.54) is 11.1 Å².